The normalized spacial score (nSPS) is 13.1. The van der Waals surface area contributed by atoms with Gasteiger partial charge in [-0.05, 0) is 0 Å². The first-order valence-corrected chi connectivity index (χ1v) is 5.50. The van der Waals surface area contributed by atoms with Crippen molar-refractivity contribution in [2.45, 2.75) is 4.33 Å². The van der Waals surface area contributed by atoms with E-state index in [2.05, 4.69) is 0 Å². The molecule has 0 aliphatic carbocycles. The average Bonchev–Trinajstić information content (AvgIpc) is 2.12. The van der Waals surface area contributed by atoms with Crippen molar-refractivity contribution in [1.29, 1.82) is 5.26 Å². The van der Waals surface area contributed by atoms with Gasteiger partial charge >= 0.3 is 5.97 Å². The molecule has 0 aliphatic rings. The van der Waals surface area contributed by atoms with Crippen LogP contribution in [-0.4, -0.2) is 21.2 Å². The molecule has 3 nitrogen and oxygen atoms in total. The van der Waals surface area contributed by atoms with Crippen LogP contribution >= 0.6 is 58.2 Å². The van der Waals surface area contributed by atoms with Crippen LogP contribution in [0.3, 0.4) is 0 Å². The van der Waals surface area contributed by atoms with Gasteiger partial charge in [0.05, 0.1) is 0 Å². The van der Waals surface area contributed by atoms with Crippen molar-refractivity contribution < 1.29 is 9.90 Å². The van der Waals surface area contributed by atoms with Crippen LogP contribution in [0.4, 0.5) is 0 Å². The molecule has 0 bridgehead atoms. The summed E-state index contributed by atoms with van der Waals surface area (Å²) < 4.78 is -1.99. The number of carboxylic acids is 1. The Kier molecular flexibility index (Phi) is 6.03. The van der Waals surface area contributed by atoms with Gasteiger partial charge in [-0.25, -0.2) is 4.79 Å². The molecule has 0 amide bonds. The fourth-order valence-corrected chi connectivity index (χ4v) is 1.62. The van der Waals surface area contributed by atoms with Gasteiger partial charge in [0.25, 0.3) is 0 Å². The van der Waals surface area contributed by atoms with Gasteiger partial charge in [0.1, 0.15) is 15.5 Å². The maximum absolute atomic E-state index is 10.4. The van der Waals surface area contributed by atoms with Crippen molar-refractivity contribution in [1.82, 2.24) is 0 Å². The molecule has 8 heteroatoms. The first-order valence-electron chi connectivity index (χ1n) is 3.00. The van der Waals surface area contributed by atoms with Gasteiger partial charge in [-0.2, -0.15) is 5.26 Å². The van der Waals surface area contributed by atoms with Gasteiger partial charge in [0.15, 0.2) is 0 Å². The summed E-state index contributed by atoms with van der Waals surface area (Å²) in [6.45, 7) is 0. The molecule has 0 aromatic heterocycles. The second-order valence-electron chi connectivity index (χ2n) is 2.00. The van der Waals surface area contributed by atoms with Crippen LogP contribution in [-0.2, 0) is 4.79 Å². The number of carboxylic acid groups (broad SMARTS) is 1. The maximum Gasteiger partial charge on any atom is 0.341 e. The molecule has 1 N–H and O–H groups in total. The van der Waals surface area contributed by atoms with Crippen molar-refractivity contribution in [3.05, 3.63) is 9.40 Å². The molecule has 0 rings (SSSR count). The Morgan fingerprint density at radius 2 is 2.00 bits per heavy atom. The van der Waals surface area contributed by atoms with Gasteiger partial charge in [0.2, 0.25) is 4.33 Å². The first-order chi connectivity index (χ1) is 6.31. The molecule has 0 spiro atoms. The quantitative estimate of drug-likeness (QED) is 0.639. The van der Waals surface area contributed by atoms with Gasteiger partial charge < -0.3 is 5.11 Å². The van der Waals surface area contributed by atoms with Gasteiger partial charge in [-0.15, -0.1) is 11.8 Å². The maximum atomic E-state index is 10.4. The summed E-state index contributed by atoms with van der Waals surface area (Å²) in [4.78, 5) is 10.4. The SMILES string of the molecule is N#C/C(Cl)=C(/Cl)SCC(Cl)(Cl)C(=O)O. The second-order valence-corrected chi connectivity index (χ2v) is 5.45. The molecule has 0 atom stereocenters. The Labute approximate surface area is 105 Å². The number of nitriles is 1. The van der Waals surface area contributed by atoms with Crippen molar-refractivity contribution in [3.63, 3.8) is 0 Å². The predicted octanol–water partition coefficient (Wildman–Crippen LogP) is 3.15. The lowest BCUT2D eigenvalue weighted by Gasteiger charge is -2.12. The van der Waals surface area contributed by atoms with Crippen LogP contribution < -0.4 is 0 Å². The minimum atomic E-state index is -1.95. The third-order valence-corrected chi connectivity index (χ3v) is 3.90. The lowest BCUT2D eigenvalue weighted by atomic mass is 10.5. The summed E-state index contributed by atoms with van der Waals surface area (Å²) in [7, 11) is 0. The molecule has 0 saturated carbocycles. The fraction of sp³-hybridized carbons (Fsp3) is 0.333. The minimum Gasteiger partial charge on any atom is -0.479 e. The lowest BCUT2D eigenvalue weighted by Crippen LogP contribution is -2.28. The molecule has 0 aliphatic heterocycles. The number of rotatable bonds is 4. The summed E-state index contributed by atoms with van der Waals surface area (Å²) in [5.74, 6) is -1.59. The fourth-order valence-electron chi connectivity index (χ4n) is 0.323. The van der Waals surface area contributed by atoms with E-state index in [1.54, 1.807) is 6.07 Å². The standard InChI is InChI=1S/C6H3Cl4NO2S/c7-3(1-11)4(8)14-2-6(9,10)5(12)13/h2H2,(H,12,13)/b4-3+. The second kappa shape index (κ2) is 5.94. The van der Waals surface area contributed by atoms with E-state index in [9.17, 15) is 4.79 Å². The van der Waals surface area contributed by atoms with E-state index in [-0.39, 0.29) is 15.1 Å². The summed E-state index contributed by atoms with van der Waals surface area (Å²) in [5, 5.41) is 16.6. The van der Waals surface area contributed by atoms with Crippen molar-refractivity contribution in [2.75, 3.05) is 5.75 Å². The number of carbonyl (C=O) groups is 1. The van der Waals surface area contributed by atoms with Gasteiger partial charge in [-0.3, -0.25) is 0 Å². The van der Waals surface area contributed by atoms with Crippen molar-refractivity contribution in [3.8, 4) is 6.07 Å². The van der Waals surface area contributed by atoms with E-state index in [0.29, 0.717) is 0 Å². The Morgan fingerprint density at radius 1 is 1.50 bits per heavy atom. The number of halogens is 4. The van der Waals surface area contributed by atoms with E-state index < -0.39 is 10.3 Å². The Bertz CT molecular complexity index is 309. The largest absolute Gasteiger partial charge is 0.479 e. The van der Waals surface area contributed by atoms with Crippen LogP contribution in [0.15, 0.2) is 9.40 Å². The summed E-state index contributed by atoms with van der Waals surface area (Å²) in [6.07, 6.45) is 0. The zero-order valence-electron chi connectivity index (χ0n) is 6.43. The molecular weight excluding hydrogens is 292 g/mol. The van der Waals surface area contributed by atoms with E-state index >= 15 is 0 Å². The first kappa shape index (κ1) is 14.2. The molecule has 0 aromatic rings. The van der Waals surface area contributed by atoms with E-state index in [1.807, 2.05) is 0 Å². The molecule has 0 saturated heterocycles. The number of hydrogen-bond donors (Lipinski definition) is 1. The van der Waals surface area contributed by atoms with Crippen LogP contribution in [0.25, 0.3) is 0 Å². The number of aliphatic carboxylic acids is 1. The van der Waals surface area contributed by atoms with Gasteiger partial charge in [0, 0.05) is 5.75 Å². The van der Waals surface area contributed by atoms with Crippen LogP contribution in [0.2, 0.25) is 0 Å². The van der Waals surface area contributed by atoms with Crippen molar-refractivity contribution >= 4 is 64.1 Å². The summed E-state index contributed by atoms with van der Waals surface area (Å²) in [5.41, 5.74) is 0. The number of allylic oxidation sites excluding steroid dienone is 1. The number of thioether (sulfide) groups is 1. The highest BCUT2D eigenvalue weighted by Gasteiger charge is 2.33. The Hall–Kier alpha value is 0.210. The third-order valence-electron chi connectivity index (χ3n) is 0.964. The monoisotopic (exact) mass is 293 g/mol. The Morgan fingerprint density at radius 3 is 2.36 bits per heavy atom. The van der Waals surface area contributed by atoms with E-state index in [4.69, 9.17) is 56.8 Å². The van der Waals surface area contributed by atoms with E-state index in [1.165, 1.54) is 0 Å². The molecule has 0 unspecified atom stereocenters. The zero-order chi connectivity index (χ0) is 11.4. The molecule has 14 heavy (non-hydrogen) atoms. The predicted molar refractivity (Wildman–Crippen MR) is 58.9 cm³/mol. The molecule has 0 aromatic carbocycles. The third kappa shape index (κ3) is 4.63. The van der Waals surface area contributed by atoms with Gasteiger partial charge in [-0.1, -0.05) is 46.4 Å². The molecule has 78 valence electrons. The number of hydrogen-bond acceptors (Lipinski definition) is 3. The topological polar surface area (TPSA) is 61.1 Å². The molecular formula is C6H3Cl4NO2S. The average molecular weight is 295 g/mol. The lowest BCUT2D eigenvalue weighted by molar-refractivity contribution is -0.137. The highest BCUT2D eigenvalue weighted by Crippen LogP contribution is 2.33. The van der Waals surface area contributed by atoms with Crippen LogP contribution in [0, 0.1) is 11.3 Å². The minimum absolute atomic E-state index is 0.0407. The summed E-state index contributed by atoms with van der Waals surface area (Å²) >= 11 is 22.5. The molecule has 0 heterocycles. The summed E-state index contributed by atoms with van der Waals surface area (Å²) in [6, 6.07) is 1.59. The van der Waals surface area contributed by atoms with E-state index in [0.717, 1.165) is 11.8 Å². The number of alkyl halides is 2. The Balaban J connectivity index is 4.36. The van der Waals surface area contributed by atoms with Crippen LogP contribution in [0.1, 0.15) is 0 Å². The highest BCUT2D eigenvalue weighted by molar-refractivity contribution is 8.04. The highest BCUT2D eigenvalue weighted by atomic mass is 35.5. The molecule has 0 radical (unpaired) electrons. The molecule has 0 fully saturated rings. The van der Waals surface area contributed by atoms with Crippen molar-refractivity contribution in [2.24, 2.45) is 0 Å². The zero-order valence-corrected chi connectivity index (χ0v) is 10.3. The number of nitrogens with zero attached hydrogens (tertiary/aromatic N) is 1. The smallest absolute Gasteiger partial charge is 0.341 e. The van der Waals surface area contributed by atoms with Crippen LogP contribution in [0.5, 0.6) is 0 Å².